The highest BCUT2D eigenvalue weighted by molar-refractivity contribution is 5.85. The van der Waals surface area contributed by atoms with Gasteiger partial charge in [-0.1, -0.05) is 6.07 Å². The van der Waals surface area contributed by atoms with Gasteiger partial charge >= 0.3 is 5.97 Å². The van der Waals surface area contributed by atoms with Crippen molar-refractivity contribution in [1.82, 2.24) is 0 Å². The first-order valence-corrected chi connectivity index (χ1v) is 4.06. The SMILES string of the molecule is Cl.Nc1cc(C[C@@H](N)C(=O)O)ccc1O. The molecule has 1 rings (SSSR count). The second-order valence-electron chi connectivity index (χ2n) is 3.04. The third kappa shape index (κ3) is 3.65. The molecule has 0 aliphatic rings. The average Bonchev–Trinajstić information content (AvgIpc) is 2.11. The quantitative estimate of drug-likeness (QED) is 0.444. The Morgan fingerprint density at radius 3 is 2.53 bits per heavy atom. The minimum atomic E-state index is -1.06. The number of hydrogen-bond donors (Lipinski definition) is 4. The number of nitrogens with two attached hydrogens (primary N) is 2. The van der Waals surface area contributed by atoms with Crippen molar-refractivity contribution in [2.45, 2.75) is 12.5 Å². The van der Waals surface area contributed by atoms with Crippen LogP contribution >= 0.6 is 12.4 Å². The number of carbonyl (C=O) groups is 1. The predicted molar refractivity (Wildman–Crippen MR) is 59.1 cm³/mol. The summed E-state index contributed by atoms with van der Waals surface area (Å²) in [5, 5.41) is 17.7. The normalized spacial score (nSPS) is 11.5. The van der Waals surface area contributed by atoms with Crippen LogP contribution in [0.2, 0.25) is 0 Å². The van der Waals surface area contributed by atoms with Crippen molar-refractivity contribution in [3.8, 4) is 5.75 Å². The van der Waals surface area contributed by atoms with Crippen molar-refractivity contribution in [3.63, 3.8) is 0 Å². The largest absolute Gasteiger partial charge is 0.506 e. The summed E-state index contributed by atoms with van der Waals surface area (Å²) in [6.07, 6.45) is 0.194. The lowest BCUT2D eigenvalue weighted by Crippen LogP contribution is -2.32. The van der Waals surface area contributed by atoms with Gasteiger partial charge in [-0.25, -0.2) is 0 Å². The summed E-state index contributed by atoms with van der Waals surface area (Å²) in [7, 11) is 0. The Labute approximate surface area is 93.1 Å². The highest BCUT2D eigenvalue weighted by atomic mass is 35.5. The molecule has 5 nitrogen and oxygen atoms in total. The third-order valence-corrected chi connectivity index (χ3v) is 1.86. The zero-order valence-electron chi connectivity index (χ0n) is 7.88. The fourth-order valence-electron chi connectivity index (χ4n) is 1.07. The van der Waals surface area contributed by atoms with Crippen LogP contribution in [0.25, 0.3) is 0 Å². The molecule has 1 aromatic rings. The van der Waals surface area contributed by atoms with E-state index in [0.717, 1.165) is 0 Å². The number of aromatic hydroxyl groups is 1. The van der Waals surface area contributed by atoms with E-state index >= 15 is 0 Å². The monoisotopic (exact) mass is 232 g/mol. The minimum Gasteiger partial charge on any atom is -0.506 e. The van der Waals surface area contributed by atoms with Crippen LogP contribution in [0.3, 0.4) is 0 Å². The minimum absolute atomic E-state index is 0. The lowest BCUT2D eigenvalue weighted by Gasteiger charge is -2.07. The molecular formula is C9H13ClN2O3. The number of carboxylic acid groups (broad SMARTS) is 1. The van der Waals surface area contributed by atoms with E-state index in [2.05, 4.69) is 0 Å². The number of anilines is 1. The summed E-state index contributed by atoms with van der Waals surface area (Å²) in [6.45, 7) is 0. The fourth-order valence-corrected chi connectivity index (χ4v) is 1.07. The van der Waals surface area contributed by atoms with Gasteiger partial charge in [-0.3, -0.25) is 4.79 Å². The lowest BCUT2D eigenvalue weighted by atomic mass is 10.1. The summed E-state index contributed by atoms with van der Waals surface area (Å²) >= 11 is 0. The number of hydrogen-bond acceptors (Lipinski definition) is 4. The number of benzene rings is 1. The number of rotatable bonds is 3. The molecule has 0 aliphatic carbocycles. The van der Waals surface area contributed by atoms with Gasteiger partial charge in [-0.05, 0) is 24.1 Å². The second-order valence-corrected chi connectivity index (χ2v) is 3.04. The fraction of sp³-hybridized carbons (Fsp3) is 0.222. The number of halogens is 1. The Balaban J connectivity index is 0.00000196. The van der Waals surface area contributed by atoms with E-state index < -0.39 is 12.0 Å². The summed E-state index contributed by atoms with van der Waals surface area (Å²) < 4.78 is 0. The van der Waals surface area contributed by atoms with E-state index in [4.69, 9.17) is 21.7 Å². The van der Waals surface area contributed by atoms with E-state index in [-0.39, 0.29) is 30.3 Å². The molecule has 0 spiro atoms. The molecule has 0 aliphatic heterocycles. The molecule has 0 unspecified atom stereocenters. The van der Waals surface area contributed by atoms with Crippen molar-refractivity contribution in [3.05, 3.63) is 23.8 Å². The van der Waals surface area contributed by atoms with Crippen LogP contribution in [0.15, 0.2) is 18.2 Å². The summed E-state index contributed by atoms with van der Waals surface area (Å²) in [5.41, 5.74) is 11.7. The predicted octanol–water partition coefficient (Wildman–Crippen LogP) is 0.351. The van der Waals surface area contributed by atoms with Crippen LogP contribution < -0.4 is 11.5 Å². The van der Waals surface area contributed by atoms with Gasteiger partial charge in [0, 0.05) is 0 Å². The number of phenolic OH excluding ortho intramolecular Hbond substituents is 1. The van der Waals surface area contributed by atoms with Crippen LogP contribution in [0.5, 0.6) is 5.75 Å². The molecule has 1 atom stereocenters. The zero-order valence-corrected chi connectivity index (χ0v) is 8.70. The molecule has 0 fully saturated rings. The first kappa shape index (κ1) is 13.5. The van der Waals surface area contributed by atoms with Crippen molar-refractivity contribution in [1.29, 1.82) is 0 Å². The first-order valence-electron chi connectivity index (χ1n) is 4.06. The molecule has 0 amide bonds. The topological polar surface area (TPSA) is 110 Å². The maximum Gasteiger partial charge on any atom is 0.320 e. The molecule has 6 heteroatoms. The maximum atomic E-state index is 10.4. The number of aliphatic carboxylic acids is 1. The molecule has 84 valence electrons. The van der Waals surface area contributed by atoms with Crippen molar-refractivity contribution >= 4 is 24.1 Å². The zero-order chi connectivity index (χ0) is 10.7. The third-order valence-electron chi connectivity index (χ3n) is 1.86. The molecule has 0 saturated carbocycles. The molecular weight excluding hydrogens is 220 g/mol. The van der Waals surface area contributed by atoms with E-state index in [0.29, 0.717) is 5.56 Å². The smallest absolute Gasteiger partial charge is 0.320 e. The summed E-state index contributed by atoms with van der Waals surface area (Å²) in [6, 6.07) is 3.57. The van der Waals surface area contributed by atoms with Gasteiger partial charge in [-0.2, -0.15) is 0 Å². The molecule has 0 saturated heterocycles. The highest BCUT2D eigenvalue weighted by Gasteiger charge is 2.12. The van der Waals surface area contributed by atoms with Gasteiger partial charge in [0.1, 0.15) is 11.8 Å². The van der Waals surface area contributed by atoms with Gasteiger partial charge in [0.2, 0.25) is 0 Å². The van der Waals surface area contributed by atoms with Crippen molar-refractivity contribution in [2.24, 2.45) is 5.73 Å². The van der Waals surface area contributed by atoms with Crippen LogP contribution in [-0.4, -0.2) is 22.2 Å². The Morgan fingerprint density at radius 2 is 2.07 bits per heavy atom. The van der Waals surface area contributed by atoms with E-state index in [1.807, 2.05) is 0 Å². The van der Waals surface area contributed by atoms with E-state index in [9.17, 15) is 4.79 Å². The van der Waals surface area contributed by atoms with E-state index in [1.165, 1.54) is 12.1 Å². The van der Waals surface area contributed by atoms with Gasteiger partial charge in [0.15, 0.2) is 0 Å². The molecule has 0 bridgehead atoms. The standard InChI is InChI=1S/C9H12N2O3.ClH/c10-6-3-5(1-2-8(6)12)4-7(11)9(13)14;/h1-3,7,12H,4,10-11H2,(H,13,14);1H/t7-;/m1./s1. The Morgan fingerprint density at radius 1 is 1.47 bits per heavy atom. The first-order chi connectivity index (χ1) is 6.50. The molecule has 15 heavy (non-hydrogen) atoms. The molecule has 0 heterocycles. The van der Waals surface area contributed by atoms with Crippen molar-refractivity contribution < 1.29 is 15.0 Å². The van der Waals surface area contributed by atoms with E-state index in [1.54, 1.807) is 6.07 Å². The van der Waals surface area contributed by atoms with Gasteiger partial charge in [-0.15, -0.1) is 12.4 Å². The van der Waals surface area contributed by atoms with Crippen molar-refractivity contribution in [2.75, 3.05) is 5.73 Å². The second kappa shape index (κ2) is 5.43. The molecule has 6 N–H and O–H groups in total. The number of carboxylic acids is 1. The molecule has 0 aromatic heterocycles. The summed E-state index contributed by atoms with van der Waals surface area (Å²) in [5.74, 6) is -1.07. The highest BCUT2D eigenvalue weighted by Crippen LogP contribution is 2.20. The average molecular weight is 233 g/mol. The Bertz CT molecular complexity index is 357. The molecule has 1 aromatic carbocycles. The lowest BCUT2D eigenvalue weighted by molar-refractivity contribution is -0.138. The number of phenols is 1. The summed E-state index contributed by atoms with van der Waals surface area (Å²) in [4.78, 5) is 10.4. The van der Waals surface area contributed by atoms with Crippen LogP contribution in [-0.2, 0) is 11.2 Å². The Hall–Kier alpha value is -1.46. The number of nitrogen functional groups attached to an aromatic ring is 1. The van der Waals surface area contributed by atoms with Gasteiger partial charge in [0.25, 0.3) is 0 Å². The van der Waals surface area contributed by atoms with Crippen LogP contribution in [0.4, 0.5) is 5.69 Å². The van der Waals surface area contributed by atoms with Crippen LogP contribution in [0.1, 0.15) is 5.56 Å². The molecule has 0 radical (unpaired) electrons. The Kier molecular flexibility index (Phi) is 4.90. The van der Waals surface area contributed by atoms with Gasteiger partial charge in [0.05, 0.1) is 5.69 Å². The maximum absolute atomic E-state index is 10.4. The van der Waals surface area contributed by atoms with Crippen LogP contribution in [0, 0.1) is 0 Å². The van der Waals surface area contributed by atoms with Gasteiger partial charge < -0.3 is 21.7 Å².